The number of amides is 1. The highest BCUT2D eigenvalue weighted by Crippen LogP contribution is 2.31. The second kappa shape index (κ2) is 14.0. The van der Waals surface area contributed by atoms with Crippen molar-refractivity contribution in [3.63, 3.8) is 0 Å². The quantitative estimate of drug-likeness (QED) is 0.292. The predicted octanol–water partition coefficient (Wildman–Crippen LogP) is 3.66. The van der Waals surface area contributed by atoms with Gasteiger partial charge in [0.25, 0.3) is 5.89 Å². The summed E-state index contributed by atoms with van der Waals surface area (Å²) in [6.45, 7) is 9.64. The van der Waals surface area contributed by atoms with E-state index in [-0.39, 0.29) is 13.2 Å². The third-order valence-electron chi connectivity index (χ3n) is 6.44. The number of carbonyl (C=O) groups excluding carboxylic acids is 1. The largest absolute Gasteiger partial charge is 0.490 e. The standard InChI is InChI=1S/C29H40N4O5/c1-6-8-11-33(5)16-23-10-9-22(12-19(23)3)29-31-28(32-38-29)24-13-20(4)27(21(7-2)14-24)37-18-25(35)15-30-26(36)17-34/h9-10,12-14,25,34-35H,6-8,11,15-18H2,1-5H3,(H,30,36)/t25-/m0/s1. The Hall–Kier alpha value is -3.27. The lowest BCUT2D eigenvalue weighted by Crippen LogP contribution is -2.36. The molecule has 0 saturated heterocycles. The average Bonchev–Trinajstić information content (AvgIpc) is 3.41. The highest BCUT2D eigenvalue weighted by Gasteiger charge is 2.17. The lowest BCUT2D eigenvalue weighted by molar-refractivity contribution is -0.124. The summed E-state index contributed by atoms with van der Waals surface area (Å²) in [6, 6.07) is 10.2. The molecule has 206 valence electrons. The van der Waals surface area contributed by atoms with Crippen LogP contribution >= 0.6 is 0 Å². The first-order chi connectivity index (χ1) is 18.2. The van der Waals surface area contributed by atoms with Crippen LogP contribution in [-0.4, -0.2) is 70.6 Å². The second-order valence-electron chi connectivity index (χ2n) is 9.72. The maximum absolute atomic E-state index is 11.2. The van der Waals surface area contributed by atoms with Gasteiger partial charge in [0.15, 0.2) is 0 Å². The van der Waals surface area contributed by atoms with Gasteiger partial charge in [-0.05, 0) is 86.8 Å². The number of benzene rings is 2. The van der Waals surface area contributed by atoms with Gasteiger partial charge in [0.2, 0.25) is 11.7 Å². The van der Waals surface area contributed by atoms with Gasteiger partial charge in [-0.1, -0.05) is 31.5 Å². The maximum Gasteiger partial charge on any atom is 0.258 e. The molecule has 3 aromatic rings. The van der Waals surface area contributed by atoms with Crippen molar-refractivity contribution in [2.24, 2.45) is 0 Å². The van der Waals surface area contributed by atoms with E-state index >= 15 is 0 Å². The predicted molar refractivity (Wildman–Crippen MR) is 147 cm³/mol. The second-order valence-corrected chi connectivity index (χ2v) is 9.72. The Morgan fingerprint density at radius 3 is 2.58 bits per heavy atom. The summed E-state index contributed by atoms with van der Waals surface area (Å²) in [6.07, 6.45) is 2.19. The number of carbonyl (C=O) groups is 1. The van der Waals surface area contributed by atoms with Crippen LogP contribution in [0, 0.1) is 13.8 Å². The molecule has 0 aliphatic carbocycles. The highest BCUT2D eigenvalue weighted by molar-refractivity contribution is 5.76. The van der Waals surface area contributed by atoms with Crippen LogP contribution in [0.25, 0.3) is 22.8 Å². The number of rotatable bonds is 14. The maximum atomic E-state index is 11.2. The Bertz CT molecular complexity index is 1210. The molecule has 0 fully saturated rings. The van der Waals surface area contributed by atoms with Gasteiger partial charge in [-0.15, -0.1) is 0 Å². The molecule has 0 aliphatic heterocycles. The molecule has 3 N–H and O–H groups in total. The molecule has 0 unspecified atom stereocenters. The Kier molecular flexibility index (Phi) is 10.8. The van der Waals surface area contributed by atoms with E-state index in [0.717, 1.165) is 35.3 Å². The Morgan fingerprint density at radius 1 is 1.13 bits per heavy atom. The van der Waals surface area contributed by atoms with E-state index in [4.69, 9.17) is 14.4 Å². The first-order valence-electron chi connectivity index (χ1n) is 13.2. The van der Waals surface area contributed by atoms with Crippen molar-refractivity contribution in [2.45, 2.75) is 59.6 Å². The van der Waals surface area contributed by atoms with E-state index in [9.17, 15) is 9.90 Å². The lowest BCUT2D eigenvalue weighted by Gasteiger charge is -2.18. The van der Waals surface area contributed by atoms with Crippen LogP contribution in [0.3, 0.4) is 0 Å². The highest BCUT2D eigenvalue weighted by atomic mass is 16.5. The van der Waals surface area contributed by atoms with Crippen molar-refractivity contribution < 1.29 is 24.3 Å². The summed E-state index contributed by atoms with van der Waals surface area (Å²) >= 11 is 0. The molecule has 9 nitrogen and oxygen atoms in total. The summed E-state index contributed by atoms with van der Waals surface area (Å²) in [4.78, 5) is 18.2. The van der Waals surface area contributed by atoms with Crippen molar-refractivity contribution in [1.82, 2.24) is 20.4 Å². The summed E-state index contributed by atoms with van der Waals surface area (Å²) < 4.78 is 11.5. The van der Waals surface area contributed by atoms with Crippen LogP contribution in [0.2, 0.25) is 0 Å². The van der Waals surface area contributed by atoms with Crippen LogP contribution < -0.4 is 10.1 Å². The number of aromatic nitrogens is 2. The fraction of sp³-hybridized carbons (Fsp3) is 0.483. The summed E-state index contributed by atoms with van der Waals surface area (Å²) in [5.41, 5.74) is 6.01. The van der Waals surface area contributed by atoms with Gasteiger partial charge in [-0.2, -0.15) is 4.98 Å². The lowest BCUT2D eigenvalue weighted by atomic mass is 10.0. The van der Waals surface area contributed by atoms with Gasteiger partial charge < -0.3 is 29.7 Å². The fourth-order valence-electron chi connectivity index (χ4n) is 4.23. The van der Waals surface area contributed by atoms with Gasteiger partial charge in [0.05, 0.1) is 0 Å². The number of hydrogen-bond donors (Lipinski definition) is 3. The first kappa shape index (κ1) is 29.3. The van der Waals surface area contributed by atoms with Crippen molar-refractivity contribution in [1.29, 1.82) is 0 Å². The van der Waals surface area contributed by atoms with Crippen LogP contribution in [0.15, 0.2) is 34.9 Å². The number of hydrogen-bond acceptors (Lipinski definition) is 8. The molecular formula is C29H40N4O5. The molecule has 1 atom stereocenters. The third-order valence-corrected chi connectivity index (χ3v) is 6.44. The first-order valence-corrected chi connectivity index (χ1v) is 13.2. The average molecular weight is 525 g/mol. The van der Waals surface area contributed by atoms with Crippen LogP contribution in [0.5, 0.6) is 5.75 Å². The van der Waals surface area contributed by atoms with Crippen LogP contribution in [0.4, 0.5) is 0 Å². The Balaban J connectivity index is 1.72. The van der Waals surface area contributed by atoms with E-state index < -0.39 is 18.6 Å². The monoisotopic (exact) mass is 524 g/mol. The van der Waals surface area contributed by atoms with E-state index in [1.165, 1.54) is 24.0 Å². The number of aryl methyl sites for hydroxylation is 3. The zero-order valence-electron chi connectivity index (χ0n) is 23.1. The zero-order chi connectivity index (χ0) is 27.7. The molecule has 1 heterocycles. The molecule has 1 aromatic heterocycles. The number of aliphatic hydroxyl groups is 2. The number of aliphatic hydroxyl groups excluding tert-OH is 2. The molecule has 0 saturated carbocycles. The molecule has 9 heteroatoms. The number of nitrogens with zero attached hydrogens (tertiary/aromatic N) is 3. The number of ether oxygens (including phenoxy) is 1. The molecule has 0 spiro atoms. The fourth-order valence-corrected chi connectivity index (χ4v) is 4.23. The van der Waals surface area contributed by atoms with Gasteiger partial charge in [-0.25, -0.2) is 0 Å². The molecule has 3 rings (SSSR count). The minimum atomic E-state index is -0.902. The normalized spacial score (nSPS) is 12.1. The molecule has 0 bridgehead atoms. The summed E-state index contributed by atoms with van der Waals surface area (Å²) in [5, 5.41) is 25.6. The number of unbranched alkanes of at least 4 members (excludes halogenated alkanes) is 1. The van der Waals surface area contributed by atoms with E-state index in [1.54, 1.807) is 0 Å². The zero-order valence-corrected chi connectivity index (χ0v) is 23.1. The topological polar surface area (TPSA) is 121 Å². The molecule has 38 heavy (non-hydrogen) atoms. The van der Waals surface area contributed by atoms with E-state index in [1.807, 2.05) is 32.0 Å². The van der Waals surface area contributed by atoms with E-state index in [0.29, 0.717) is 23.9 Å². The van der Waals surface area contributed by atoms with Gasteiger partial charge >= 0.3 is 0 Å². The Morgan fingerprint density at radius 2 is 1.89 bits per heavy atom. The van der Waals surface area contributed by atoms with Gasteiger partial charge in [0, 0.05) is 24.2 Å². The van der Waals surface area contributed by atoms with Crippen LogP contribution in [-0.2, 0) is 17.8 Å². The van der Waals surface area contributed by atoms with Crippen molar-refractivity contribution in [3.8, 4) is 28.6 Å². The van der Waals surface area contributed by atoms with Crippen molar-refractivity contribution in [2.75, 3.05) is 33.4 Å². The minimum absolute atomic E-state index is 0.000367. The molecule has 2 aromatic carbocycles. The van der Waals surface area contributed by atoms with Gasteiger partial charge in [-0.3, -0.25) is 4.79 Å². The smallest absolute Gasteiger partial charge is 0.258 e. The molecule has 0 aliphatic rings. The third kappa shape index (κ3) is 7.86. The molecular weight excluding hydrogens is 484 g/mol. The Labute approximate surface area is 224 Å². The number of nitrogens with one attached hydrogen (secondary N) is 1. The van der Waals surface area contributed by atoms with Crippen LogP contribution in [0.1, 0.15) is 48.9 Å². The van der Waals surface area contributed by atoms with Crippen molar-refractivity contribution in [3.05, 3.63) is 52.6 Å². The minimum Gasteiger partial charge on any atom is -0.490 e. The molecule has 1 amide bonds. The van der Waals surface area contributed by atoms with Crippen molar-refractivity contribution >= 4 is 5.91 Å². The SMILES string of the molecule is CCCCN(C)Cc1ccc(-c2nc(-c3cc(C)c(OC[C@@H](O)CNC(=O)CO)c(CC)c3)no2)cc1C. The van der Waals surface area contributed by atoms with Gasteiger partial charge in [0.1, 0.15) is 25.1 Å². The summed E-state index contributed by atoms with van der Waals surface area (Å²) in [5.74, 6) is 1.11. The molecule has 0 radical (unpaired) electrons. The summed E-state index contributed by atoms with van der Waals surface area (Å²) in [7, 11) is 2.15. The van der Waals surface area contributed by atoms with E-state index in [2.05, 4.69) is 53.4 Å².